The van der Waals surface area contributed by atoms with E-state index >= 15 is 0 Å². The Hall–Kier alpha value is -2.35. The van der Waals surface area contributed by atoms with Crippen molar-refractivity contribution in [2.75, 3.05) is 18.5 Å². The van der Waals surface area contributed by atoms with Crippen LogP contribution in [0.5, 0.6) is 5.75 Å². The number of para-hydroxylation sites is 1. The number of halogens is 3. The van der Waals surface area contributed by atoms with Gasteiger partial charge in [0.1, 0.15) is 17.4 Å². The van der Waals surface area contributed by atoms with Crippen molar-refractivity contribution in [3.8, 4) is 5.75 Å². The number of ether oxygens (including phenoxy) is 2. The first-order valence-corrected chi connectivity index (χ1v) is 7.91. The molecule has 1 unspecified atom stereocenters. The van der Waals surface area contributed by atoms with Crippen LogP contribution in [-0.4, -0.2) is 29.5 Å². The summed E-state index contributed by atoms with van der Waals surface area (Å²) in [6.45, 7) is 3.27. The number of rotatable bonds is 5. The zero-order valence-corrected chi connectivity index (χ0v) is 13.6. The maximum absolute atomic E-state index is 12.5. The molecular weight excluding hydrogens is 335 g/mol. The molecule has 8 heteroatoms. The lowest BCUT2D eigenvalue weighted by Crippen LogP contribution is -2.18. The van der Waals surface area contributed by atoms with Gasteiger partial charge in [0.2, 0.25) is 0 Å². The highest BCUT2D eigenvalue weighted by atomic mass is 19.4. The Morgan fingerprint density at radius 2 is 2.08 bits per heavy atom. The summed E-state index contributed by atoms with van der Waals surface area (Å²) in [4.78, 5) is 8.73. The third-order valence-corrected chi connectivity index (χ3v) is 3.86. The number of hydrogen-bond acceptors (Lipinski definition) is 5. The smallest absolute Gasteiger partial charge is 0.405 e. The van der Waals surface area contributed by atoms with E-state index < -0.39 is 6.36 Å². The Bertz CT molecular complexity index is 731. The Kier molecular flexibility index (Phi) is 5.08. The van der Waals surface area contributed by atoms with Gasteiger partial charge in [0.05, 0.1) is 12.3 Å². The van der Waals surface area contributed by atoms with E-state index in [0.717, 1.165) is 12.1 Å². The second-order valence-corrected chi connectivity index (χ2v) is 5.79. The molecule has 0 aliphatic carbocycles. The summed E-state index contributed by atoms with van der Waals surface area (Å²) in [5.41, 5.74) is 1.27. The van der Waals surface area contributed by atoms with Crippen molar-refractivity contribution in [3.63, 3.8) is 0 Å². The van der Waals surface area contributed by atoms with Crippen LogP contribution >= 0.6 is 0 Å². The van der Waals surface area contributed by atoms with Gasteiger partial charge in [-0.15, -0.1) is 13.2 Å². The summed E-state index contributed by atoms with van der Waals surface area (Å²) in [6, 6.07) is 7.84. The van der Waals surface area contributed by atoms with Gasteiger partial charge < -0.3 is 14.8 Å². The fourth-order valence-corrected chi connectivity index (χ4v) is 2.72. The number of nitrogens with zero attached hydrogens (tertiary/aromatic N) is 2. The van der Waals surface area contributed by atoms with Crippen LogP contribution in [0.1, 0.15) is 29.4 Å². The standard InChI is InChI=1S/C17H18F3N3O2/c1-11-22-14(13-6-7-24-10-13)8-16(23-11)21-9-12-4-2-3-5-15(12)25-17(18,19)20/h2-5,8,13H,6-7,9-10H2,1H3,(H,21,22,23). The number of aryl methyl sites for hydroxylation is 1. The monoisotopic (exact) mass is 353 g/mol. The van der Waals surface area contributed by atoms with Gasteiger partial charge in [0.15, 0.2) is 0 Å². The molecule has 1 aliphatic heterocycles. The van der Waals surface area contributed by atoms with Crippen molar-refractivity contribution in [1.29, 1.82) is 0 Å². The van der Waals surface area contributed by atoms with Gasteiger partial charge in [-0.25, -0.2) is 9.97 Å². The highest BCUT2D eigenvalue weighted by molar-refractivity contribution is 5.41. The molecule has 0 radical (unpaired) electrons. The normalized spacial score (nSPS) is 17.5. The zero-order valence-electron chi connectivity index (χ0n) is 13.6. The molecule has 25 heavy (non-hydrogen) atoms. The van der Waals surface area contributed by atoms with Crippen LogP contribution in [0, 0.1) is 6.92 Å². The third kappa shape index (κ3) is 4.82. The minimum atomic E-state index is -4.72. The van der Waals surface area contributed by atoms with Crippen molar-refractivity contribution in [2.45, 2.75) is 32.2 Å². The molecular formula is C17H18F3N3O2. The Morgan fingerprint density at radius 1 is 1.28 bits per heavy atom. The van der Waals surface area contributed by atoms with Crippen LogP contribution in [0.3, 0.4) is 0 Å². The summed E-state index contributed by atoms with van der Waals surface area (Å²) < 4.78 is 46.9. The number of aromatic nitrogens is 2. The van der Waals surface area contributed by atoms with Crippen molar-refractivity contribution < 1.29 is 22.6 Å². The average molecular weight is 353 g/mol. The molecule has 134 valence electrons. The van der Waals surface area contributed by atoms with Crippen LogP contribution < -0.4 is 10.1 Å². The number of anilines is 1. The Labute approximate surface area is 143 Å². The molecule has 1 saturated heterocycles. The number of hydrogen-bond donors (Lipinski definition) is 1. The van der Waals surface area contributed by atoms with Crippen molar-refractivity contribution >= 4 is 5.82 Å². The quantitative estimate of drug-likeness (QED) is 0.886. The predicted octanol–water partition coefficient (Wildman–Crippen LogP) is 3.80. The molecule has 2 aromatic rings. The van der Waals surface area contributed by atoms with Gasteiger partial charge in [-0.1, -0.05) is 18.2 Å². The molecule has 1 aromatic heterocycles. The Morgan fingerprint density at radius 3 is 2.80 bits per heavy atom. The molecule has 1 fully saturated rings. The van der Waals surface area contributed by atoms with Crippen LogP contribution in [0.15, 0.2) is 30.3 Å². The van der Waals surface area contributed by atoms with Gasteiger partial charge >= 0.3 is 6.36 Å². The summed E-state index contributed by atoms with van der Waals surface area (Å²) >= 11 is 0. The number of alkyl halides is 3. The van der Waals surface area contributed by atoms with E-state index in [1.54, 1.807) is 19.1 Å². The third-order valence-electron chi connectivity index (χ3n) is 3.86. The molecule has 0 spiro atoms. The van der Waals surface area contributed by atoms with E-state index in [2.05, 4.69) is 20.0 Å². The van der Waals surface area contributed by atoms with E-state index in [1.165, 1.54) is 12.1 Å². The largest absolute Gasteiger partial charge is 0.573 e. The summed E-state index contributed by atoms with van der Waals surface area (Å²) in [7, 11) is 0. The summed E-state index contributed by atoms with van der Waals surface area (Å²) in [5.74, 6) is 1.17. The molecule has 2 heterocycles. The van der Waals surface area contributed by atoms with Crippen molar-refractivity contribution in [2.24, 2.45) is 0 Å². The number of benzene rings is 1. The van der Waals surface area contributed by atoms with Crippen LogP contribution in [0.2, 0.25) is 0 Å². The van der Waals surface area contributed by atoms with E-state index in [4.69, 9.17) is 4.74 Å². The molecule has 0 amide bonds. The molecule has 1 aliphatic rings. The van der Waals surface area contributed by atoms with Crippen molar-refractivity contribution in [1.82, 2.24) is 9.97 Å². The maximum Gasteiger partial charge on any atom is 0.573 e. The minimum absolute atomic E-state index is 0.156. The average Bonchev–Trinajstić information content (AvgIpc) is 3.06. The first-order chi connectivity index (χ1) is 11.9. The molecule has 1 aromatic carbocycles. The fraction of sp³-hybridized carbons (Fsp3) is 0.412. The van der Waals surface area contributed by atoms with E-state index in [9.17, 15) is 13.2 Å². The first kappa shape index (κ1) is 17.5. The maximum atomic E-state index is 12.5. The lowest BCUT2D eigenvalue weighted by atomic mass is 10.0. The summed E-state index contributed by atoms with van der Waals surface area (Å²) in [6.07, 6.45) is -3.82. The highest BCUT2D eigenvalue weighted by Gasteiger charge is 2.32. The van der Waals surface area contributed by atoms with E-state index in [1.807, 2.05) is 6.07 Å². The number of nitrogens with one attached hydrogen (secondary N) is 1. The molecule has 0 saturated carbocycles. The Balaban J connectivity index is 1.74. The van der Waals surface area contributed by atoms with Gasteiger partial charge in [-0.2, -0.15) is 0 Å². The molecule has 3 rings (SSSR count). The molecule has 5 nitrogen and oxygen atoms in total. The second-order valence-electron chi connectivity index (χ2n) is 5.79. The van der Waals surface area contributed by atoms with Gasteiger partial charge in [-0.3, -0.25) is 0 Å². The molecule has 1 N–H and O–H groups in total. The van der Waals surface area contributed by atoms with Crippen LogP contribution in [-0.2, 0) is 11.3 Å². The zero-order chi connectivity index (χ0) is 17.9. The van der Waals surface area contributed by atoms with Crippen LogP contribution in [0.4, 0.5) is 19.0 Å². The van der Waals surface area contributed by atoms with Gasteiger partial charge in [0, 0.05) is 30.7 Å². The van der Waals surface area contributed by atoms with Crippen molar-refractivity contribution in [3.05, 3.63) is 47.4 Å². The van der Waals surface area contributed by atoms with Gasteiger partial charge in [0.25, 0.3) is 0 Å². The lowest BCUT2D eigenvalue weighted by Gasteiger charge is -2.15. The fourth-order valence-electron chi connectivity index (χ4n) is 2.72. The van der Waals surface area contributed by atoms with Gasteiger partial charge in [-0.05, 0) is 19.4 Å². The van der Waals surface area contributed by atoms with E-state index in [0.29, 0.717) is 30.4 Å². The SMILES string of the molecule is Cc1nc(NCc2ccccc2OC(F)(F)F)cc(C2CCOC2)n1. The lowest BCUT2D eigenvalue weighted by molar-refractivity contribution is -0.274. The predicted molar refractivity (Wildman–Crippen MR) is 85.4 cm³/mol. The van der Waals surface area contributed by atoms with Crippen LogP contribution in [0.25, 0.3) is 0 Å². The first-order valence-electron chi connectivity index (χ1n) is 7.91. The second kappa shape index (κ2) is 7.26. The highest BCUT2D eigenvalue weighted by Crippen LogP contribution is 2.28. The molecule has 0 bridgehead atoms. The molecule has 1 atom stereocenters. The summed E-state index contributed by atoms with van der Waals surface area (Å²) in [5, 5.41) is 3.05. The minimum Gasteiger partial charge on any atom is -0.405 e. The topological polar surface area (TPSA) is 56.3 Å². The van der Waals surface area contributed by atoms with E-state index in [-0.39, 0.29) is 18.2 Å².